The highest BCUT2D eigenvalue weighted by Gasteiger charge is 2.16. The summed E-state index contributed by atoms with van der Waals surface area (Å²) in [4.78, 5) is 12.3. The Morgan fingerprint density at radius 2 is 1.75 bits per heavy atom. The van der Waals surface area contributed by atoms with Crippen molar-refractivity contribution >= 4 is 23.4 Å². The van der Waals surface area contributed by atoms with E-state index in [0.29, 0.717) is 0 Å². The smallest absolute Gasteiger partial charge is 0.234 e. The molecule has 0 unspecified atom stereocenters. The first-order valence-corrected chi connectivity index (χ1v) is 10.2. The zero-order chi connectivity index (χ0) is 20.3. The third-order valence-electron chi connectivity index (χ3n) is 4.60. The van der Waals surface area contributed by atoms with Crippen LogP contribution in [-0.4, -0.2) is 26.4 Å². The summed E-state index contributed by atoms with van der Waals surface area (Å²) in [5.74, 6) is 1.02. The Morgan fingerprint density at radius 3 is 2.39 bits per heavy atom. The van der Waals surface area contributed by atoms with Gasteiger partial charge >= 0.3 is 0 Å². The molecule has 28 heavy (non-hydrogen) atoms. The number of amides is 1. The lowest BCUT2D eigenvalue weighted by molar-refractivity contribution is -0.113. The van der Waals surface area contributed by atoms with Crippen LogP contribution in [0.15, 0.2) is 53.7 Å². The van der Waals surface area contributed by atoms with Gasteiger partial charge in [-0.25, -0.2) is 0 Å². The summed E-state index contributed by atoms with van der Waals surface area (Å²) in [6.07, 6.45) is 0. The Bertz CT molecular complexity index is 971. The molecule has 146 valence electrons. The van der Waals surface area contributed by atoms with Crippen molar-refractivity contribution in [3.8, 4) is 11.4 Å². The molecule has 0 aliphatic carbocycles. The number of nitrogens with zero attached hydrogens (tertiary/aromatic N) is 3. The molecular formula is C22H26N4OS. The van der Waals surface area contributed by atoms with E-state index in [-0.39, 0.29) is 17.1 Å². The van der Waals surface area contributed by atoms with Crippen LogP contribution in [0.2, 0.25) is 0 Å². The van der Waals surface area contributed by atoms with E-state index in [4.69, 9.17) is 0 Å². The molecule has 0 saturated carbocycles. The predicted octanol–water partition coefficient (Wildman–Crippen LogP) is 4.82. The topological polar surface area (TPSA) is 59.8 Å². The number of benzene rings is 2. The number of anilines is 1. The second-order valence-electron chi connectivity index (χ2n) is 7.84. The molecule has 1 N–H and O–H groups in total. The molecule has 0 fully saturated rings. The lowest BCUT2D eigenvalue weighted by atomic mass is 9.87. The Hall–Kier alpha value is -2.60. The maximum Gasteiger partial charge on any atom is 0.234 e. The van der Waals surface area contributed by atoms with E-state index in [1.807, 2.05) is 42.8 Å². The van der Waals surface area contributed by atoms with Crippen LogP contribution in [0.1, 0.15) is 31.9 Å². The van der Waals surface area contributed by atoms with Crippen molar-refractivity contribution in [3.05, 3.63) is 59.7 Å². The van der Waals surface area contributed by atoms with Crippen LogP contribution >= 0.6 is 11.8 Å². The highest BCUT2D eigenvalue weighted by molar-refractivity contribution is 7.99. The summed E-state index contributed by atoms with van der Waals surface area (Å²) < 4.78 is 1.93. The average Bonchev–Trinajstić information content (AvgIpc) is 3.02. The molecular weight excluding hydrogens is 368 g/mol. The molecule has 0 spiro atoms. The Morgan fingerprint density at radius 1 is 1.07 bits per heavy atom. The number of aryl methyl sites for hydroxylation is 1. The SMILES string of the molecule is Cc1ccccc1NC(=O)CSc1nnc(-c2ccc(C(C)(C)C)cc2)n1C. The lowest BCUT2D eigenvalue weighted by Crippen LogP contribution is -2.15. The molecule has 0 aliphatic rings. The van der Waals surface area contributed by atoms with E-state index in [0.717, 1.165) is 27.8 Å². The minimum absolute atomic E-state index is 0.0571. The zero-order valence-electron chi connectivity index (χ0n) is 17.0. The van der Waals surface area contributed by atoms with Crippen LogP contribution in [0, 0.1) is 6.92 Å². The fourth-order valence-electron chi connectivity index (χ4n) is 2.84. The van der Waals surface area contributed by atoms with E-state index < -0.39 is 0 Å². The summed E-state index contributed by atoms with van der Waals surface area (Å²) in [7, 11) is 1.93. The van der Waals surface area contributed by atoms with Crippen molar-refractivity contribution in [2.75, 3.05) is 11.1 Å². The number of para-hydroxylation sites is 1. The highest BCUT2D eigenvalue weighted by atomic mass is 32.2. The fraction of sp³-hybridized carbons (Fsp3) is 0.318. The molecule has 1 amide bonds. The summed E-state index contributed by atoms with van der Waals surface area (Å²) in [5.41, 5.74) is 4.29. The van der Waals surface area contributed by atoms with E-state index >= 15 is 0 Å². The third-order valence-corrected chi connectivity index (χ3v) is 5.62. The van der Waals surface area contributed by atoms with Crippen LogP contribution in [0.4, 0.5) is 5.69 Å². The van der Waals surface area contributed by atoms with Crippen LogP contribution in [-0.2, 0) is 17.3 Å². The maximum atomic E-state index is 12.3. The van der Waals surface area contributed by atoms with Gasteiger partial charge in [-0.3, -0.25) is 4.79 Å². The van der Waals surface area contributed by atoms with Gasteiger partial charge in [0.2, 0.25) is 5.91 Å². The fourth-order valence-corrected chi connectivity index (χ4v) is 3.55. The maximum absolute atomic E-state index is 12.3. The number of rotatable bonds is 5. The van der Waals surface area contributed by atoms with E-state index in [9.17, 15) is 4.79 Å². The number of carbonyl (C=O) groups excluding carboxylic acids is 1. The minimum Gasteiger partial charge on any atom is -0.325 e. The van der Waals surface area contributed by atoms with Crippen LogP contribution in [0.25, 0.3) is 11.4 Å². The second kappa shape index (κ2) is 8.19. The number of carbonyl (C=O) groups is 1. The molecule has 3 aromatic rings. The van der Waals surface area contributed by atoms with Gasteiger partial charge < -0.3 is 9.88 Å². The quantitative estimate of drug-likeness (QED) is 0.630. The highest BCUT2D eigenvalue weighted by Crippen LogP contribution is 2.27. The summed E-state index contributed by atoms with van der Waals surface area (Å²) in [5, 5.41) is 12.2. The summed E-state index contributed by atoms with van der Waals surface area (Å²) >= 11 is 1.38. The van der Waals surface area contributed by atoms with Gasteiger partial charge in [0.25, 0.3) is 0 Å². The van der Waals surface area contributed by atoms with Crippen molar-refractivity contribution in [2.45, 2.75) is 38.3 Å². The third kappa shape index (κ3) is 4.62. The van der Waals surface area contributed by atoms with Crippen LogP contribution < -0.4 is 5.32 Å². The van der Waals surface area contributed by atoms with Crippen LogP contribution in [0.5, 0.6) is 0 Å². The second-order valence-corrected chi connectivity index (χ2v) is 8.79. The predicted molar refractivity (Wildman–Crippen MR) is 116 cm³/mol. The average molecular weight is 395 g/mol. The first-order valence-electron chi connectivity index (χ1n) is 9.24. The van der Waals surface area contributed by atoms with E-state index in [2.05, 4.69) is 60.6 Å². The van der Waals surface area contributed by atoms with Gasteiger partial charge in [-0.2, -0.15) is 0 Å². The molecule has 0 aliphatic heterocycles. The molecule has 0 saturated heterocycles. The largest absolute Gasteiger partial charge is 0.325 e. The normalized spacial score (nSPS) is 11.5. The number of aromatic nitrogens is 3. The zero-order valence-corrected chi connectivity index (χ0v) is 17.8. The van der Waals surface area contributed by atoms with E-state index in [1.54, 1.807) is 0 Å². The monoisotopic (exact) mass is 394 g/mol. The van der Waals surface area contributed by atoms with Gasteiger partial charge in [0.05, 0.1) is 5.75 Å². The molecule has 1 heterocycles. The molecule has 5 nitrogen and oxygen atoms in total. The number of thioether (sulfide) groups is 1. The van der Waals surface area contributed by atoms with Gasteiger partial charge in [0.1, 0.15) is 0 Å². The van der Waals surface area contributed by atoms with Gasteiger partial charge in [-0.15, -0.1) is 10.2 Å². The molecule has 1 aromatic heterocycles. The van der Waals surface area contributed by atoms with Crippen molar-refractivity contribution in [1.29, 1.82) is 0 Å². The molecule has 3 rings (SSSR count). The molecule has 0 radical (unpaired) electrons. The van der Waals surface area contributed by atoms with E-state index in [1.165, 1.54) is 17.3 Å². The van der Waals surface area contributed by atoms with Gasteiger partial charge in [0.15, 0.2) is 11.0 Å². The summed E-state index contributed by atoms with van der Waals surface area (Å²) in [6.45, 7) is 8.56. The van der Waals surface area contributed by atoms with Gasteiger partial charge in [-0.05, 0) is 29.5 Å². The summed E-state index contributed by atoms with van der Waals surface area (Å²) in [6, 6.07) is 16.2. The number of nitrogens with one attached hydrogen (secondary N) is 1. The van der Waals surface area contributed by atoms with Crippen molar-refractivity contribution in [1.82, 2.24) is 14.8 Å². The van der Waals surface area contributed by atoms with Crippen molar-refractivity contribution in [3.63, 3.8) is 0 Å². The first kappa shape index (κ1) is 20.1. The standard InChI is InChI=1S/C22H26N4OS/c1-15-8-6-7-9-18(15)23-19(27)14-28-21-25-24-20(26(21)5)16-10-12-17(13-11-16)22(2,3)4/h6-13H,14H2,1-5H3,(H,23,27). The Kier molecular flexibility index (Phi) is 5.89. The molecule has 2 aromatic carbocycles. The Labute approximate surface area is 170 Å². The molecule has 0 bridgehead atoms. The van der Waals surface area contributed by atoms with Gasteiger partial charge in [0, 0.05) is 18.3 Å². The first-order chi connectivity index (χ1) is 13.3. The Balaban J connectivity index is 1.66. The lowest BCUT2D eigenvalue weighted by Gasteiger charge is -2.19. The van der Waals surface area contributed by atoms with Crippen molar-refractivity contribution < 1.29 is 4.79 Å². The number of hydrogen-bond donors (Lipinski definition) is 1. The van der Waals surface area contributed by atoms with Crippen molar-refractivity contribution in [2.24, 2.45) is 7.05 Å². The molecule has 6 heteroatoms. The van der Waals surface area contributed by atoms with Gasteiger partial charge in [-0.1, -0.05) is 75.0 Å². The molecule has 0 atom stereocenters. The number of hydrogen-bond acceptors (Lipinski definition) is 4. The minimum atomic E-state index is -0.0571. The van der Waals surface area contributed by atoms with Crippen LogP contribution in [0.3, 0.4) is 0 Å².